The molecule has 1 aliphatic rings. The molecule has 1 heterocycles. The lowest BCUT2D eigenvalue weighted by molar-refractivity contribution is -0.146. The first-order chi connectivity index (χ1) is 13.5. The van der Waals surface area contributed by atoms with Crippen molar-refractivity contribution >= 4 is 29.2 Å². The zero-order chi connectivity index (χ0) is 19.9. The smallest absolute Gasteiger partial charge is 0.310 e. The van der Waals surface area contributed by atoms with Gasteiger partial charge in [0, 0.05) is 24.3 Å². The fraction of sp³-hybridized carbons (Fsp3) is 0.286. The number of amides is 2. The number of ether oxygens (including phenoxy) is 2. The van der Waals surface area contributed by atoms with Crippen molar-refractivity contribution in [3.05, 3.63) is 54.1 Å². The van der Waals surface area contributed by atoms with Gasteiger partial charge in [0.25, 0.3) is 5.91 Å². The quantitative estimate of drug-likeness (QED) is 0.744. The second-order valence-corrected chi connectivity index (χ2v) is 6.43. The van der Waals surface area contributed by atoms with Gasteiger partial charge in [0.1, 0.15) is 5.75 Å². The summed E-state index contributed by atoms with van der Waals surface area (Å²) in [4.78, 5) is 37.4. The predicted octanol–water partition coefficient (Wildman–Crippen LogP) is 2.55. The molecule has 0 bridgehead atoms. The minimum atomic E-state index is -0.494. The second-order valence-electron chi connectivity index (χ2n) is 6.43. The summed E-state index contributed by atoms with van der Waals surface area (Å²) in [6.45, 7) is 0.350. The summed E-state index contributed by atoms with van der Waals surface area (Å²) < 4.78 is 10.1. The van der Waals surface area contributed by atoms with E-state index in [1.54, 1.807) is 60.5 Å². The standard InChI is InChI=1S/C21H22N2O5/c1-27-18-5-2-4-15(12-18)13-21(26)28-14-19(24)22-16-7-9-17(10-8-16)23-11-3-6-20(23)25/h2,4-5,7-10,12H,3,6,11,13-14H2,1H3,(H,22,24). The number of hydrogen-bond donors (Lipinski definition) is 1. The first-order valence-electron chi connectivity index (χ1n) is 9.04. The van der Waals surface area contributed by atoms with Crippen molar-refractivity contribution in [2.75, 3.05) is 30.5 Å². The molecule has 3 rings (SSSR count). The summed E-state index contributed by atoms with van der Waals surface area (Å²) in [5.41, 5.74) is 2.13. The molecule has 1 saturated heterocycles. The van der Waals surface area contributed by atoms with E-state index in [1.807, 2.05) is 0 Å². The van der Waals surface area contributed by atoms with Crippen LogP contribution in [0.3, 0.4) is 0 Å². The minimum Gasteiger partial charge on any atom is -0.497 e. The summed E-state index contributed by atoms with van der Waals surface area (Å²) in [5.74, 6) is -0.155. The van der Waals surface area contributed by atoms with Gasteiger partial charge in [-0.05, 0) is 48.4 Å². The number of hydrogen-bond acceptors (Lipinski definition) is 5. The summed E-state index contributed by atoms with van der Waals surface area (Å²) in [5, 5.41) is 2.67. The van der Waals surface area contributed by atoms with Crippen molar-refractivity contribution in [1.82, 2.24) is 0 Å². The third-order valence-electron chi connectivity index (χ3n) is 4.38. The SMILES string of the molecule is COc1cccc(CC(=O)OCC(=O)Nc2ccc(N3CCCC3=O)cc2)c1. The van der Waals surface area contributed by atoms with E-state index in [0.717, 1.165) is 17.7 Å². The molecule has 0 aliphatic carbocycles. The van der Waals surface area contributed by atoms with Crippen LogP contribution in [0, 0.1) is 0 Å². The molecule has 0 atom stereocenters. The highest BCUT2D eigenvalue weighted by Crippen LogP contribution is 2.23. The molecule has 0 saturated carbocycles. The van der Waals surface area contributed by atoms with Gasteiger partial charge in [0.05, 0.1) is 13.5 Å². The van der Waals surface area contributed by atoms with Gasteiger partial charge in [0.2, 0.25) is 5.91 Å². The number of esters is 1. The maximum atomic E-state index is 12.0. The molecule has 28 heavy (non-hydrogen) atoms. The average Bonchev–Trinajstić information content (AvgIpc) is 3.13. The van der Waals surface area contributed by atoms with Crippen LogP contribution in [0.5, 0.6) is 5.75 Å². The minimum absolute atomic E-state index is 0.0586. The van der Waals surface area contributed by atoms with Crippen LogP contribution in [-0.2, 0) is 25.5 Å². The molecule has 7 nitrogen and oxygen atoms in total. The van der Waals surface area contributed by atoms with Crippen LogP contribution < -0.4 is 15.0 Å². The van der Waals surface area contributed by atoms with Gasteiger partial charge >= 0.3 is 5.97 Å². The molecule has 0 aromatic heterocycles. The zero-order valence-electron chi connectivity index (χ0n) is 15.6. The molecule has 2 aromatic rings. The summed E-state index contributed by atoms with van der Waals surface area (Å²) in [6, 6.07) is 14.1. The van der Waals surface area contributed by atoms with Crippen molar-refractivity contribution < 1.29 is 23.9 Å². The summed E-state index contributed by atoms with van der Waals surface area (Å²) in [7, 11) is 1.55. The number of rotatable bonds is 7. The molecule has 0 unspecified atom stereocenters. The van der Waals surface area contributed by atoms with E-state index < -0.39 is 11.9 Å². The number of methoxy groups -OCH3 is 1. The van der Waals surface area contributed by atoms with E-state index >= 15 is 0 Å². The first kappa shape index (κ1) is 19.4. The Labute approximate surface area is 163 Å². The van der Waals surface area contributed by atoms with Crippen LogP contribution >= 0.6 is 0 Å². The zero-order valence-corrected chi connectivity index (χ0v) is 15.6. The molecule has 0 spiro atoms. The molecule has 1 fully saturated rings. The van der Waals surface area contributed by atoms with E-state index in [-0.39, 0.29) is 18.9 Å². The van der Waals surface area contributed by atoms with Crippen LogP contribution in [0.25, 0.3) is 0 Å². The van der Waals surface area contributed by atoms with Gasteiger partial charge in [-0.15, -0.1) is 0 Å². The summed E-state index contributed by atoms with van der Waals surface area (Å²) in [6.07, 6.45) is 1.49. The second kappa shape index (κ2) is 9.03. The van der Waals surface area contributed by atoms with Gasteiger partial charge in [-0.2, -0.15) is 0 Å². The molecule has 146 valence electrons. The number of carbonyl (C=O) groups is 3. The molecule has 1 aliphatic heterocycles. The number of nitrogens with zero attached hydrogens (tertiary/aromatic N) is 1. The third kappa shape index (κ3) is 5.09. The van der Waals surface area contributed by atoms with Gasteiger partial charge < -0.3 is 19.7 Å². The highest BCUT2D eigenvalue weighted by molar-refractivity contribution is 5.96. The Balaban J connectivity index is 1.46. The Morgan fingerprint density at radius 1 is 1.14 bits per heavy atom. The van der Waals surface area contributed by atoms with Crippen LogP contribution in [0.15, 0.2) is 48.5 Å². The number of anilines is 2. The molecule has 1 N–H and O–H groups in total. The molecule has 2 amide bonds. The Morgan fingerprint density at radius 3 is 2.61 bits per heavy atom. The Bertz CT molecular complexity index is 863. The number of nitrogens with one attached hydrogen (secondary N) is 1. The Morgan fingerprint density at radius 2 is 1.93 bits per heavy atom. The number of benzene rings is 2. The predicted molar refractivity (Wildman–Crippen MR) is 104 cm³/mol. The monoisotopic (exact) mass is 382 g/mol. The normalized spacial score (nSPS) is 13.3. The topological polar surface area (TPSA) is 84.9 Å². The van der Waals surface area contributed by atoms with Crippen LogP contribution in [0.1, 0.15) is 18.4 Å². The molecule has 7 heteroatoms. The largest absolute Gasteiger partial charge is 0.497 e. The Hall–Kier alpha value is -3.35. The molecular weight excluding hydrogens is 360 g/mol. The van der Waals surface area contributed by atoms with Crippen molar-refractivity contribution in [3.63, 3.8) is 0 Å². The average molecular weight is 382 g/mol. The van der Waals surface area contributed by atoms with Crippen molar-refractivity contribution in [3.8, 4) is 5.75 Å². The van der Waals surface area contributed by atoms with E-state index in [2.05, 4.69) is 5.32 Å². The van der Waals surface area contributed by atoms with Crippen LogP contribution in [-0.4, -0.2) is 38.0 Å². The maximum Gasteiger partial charge on any atom is 0.310 e. The summed E-state index contributed by atoms with van der Waals surface area (Å²) >= 11 is 0. The van der Waals surface area contributed by atoms with E-state index in [9.17, 15) is 14.4 Å². The highest BCUT2D eigenvalue weighted by Gasteiger charge is 2.21. The van der Waals surface area contributed by atoms with Gasteiger partial charge in [0.15, 0.2) is 6.61 Å². The van der Waals surface area contributed by atoms with Gasteiger partial charge in [-0.1, -0.05) is 12.1 Å². The lowest BCUT2D eigenvalue weighted by Crippen LogP contribution is -2.24. The molecular formula is C21H22N2O5. The third-order valence-corrected chi connectivity index (χ3v) is 4.38. The van der Waals surface area contributed by atoms with Gasteiger partial charge in [-0.25, -0.2) is 0 Å². The number of carbonyl (C=O) groups excluding carboxylic acids is 3. The van der Waals surface area contributed by atoms with Crippen LogP contribution in [0.2, 0.25) is 0 Å². The first-order valence-corrected chi connectivity index (χ1v) is 9.04. The lowest BCUT2D eigenvalue weighted by atomic mass is 10.1. The van der Waals surface area contributed by atoms with Crippen molar-refractivity contribution in [1.29, 1.82) is 0 Å². The fourth-order valence-electron chi connectivity index (χ4n) is 2.99. The van der Waals surface area contributed by atoms with E-state index in [4.69, 9.17) is 9.47 Å². The molecule has 0 radical (unpaired) electrons. The van der Waals surface area contributed by atoms with Crippen molar-refractivity contribution in [2.24, 2.45) is 0 Å². The van der Waals surface area contributed by atoms with E-state index in [0.29, 0.717) is 24.4 Å². The molecule has 2 aromatic carbocycles. The Kier molecular flexibility index (Phi) is 6.26. The lowest BCUT2D eigenvalue weighted by Gasteiger charge is -2.16. The fourth-order valence-corrected chi connectivity index (χ4v) is 2.99. The van der Waals surface area contributed by atoms with E-state index in [1.165, 1.54) is 0 Å². The maximum absolute atomic E-state index is 12.0. The van der Waals surface area contributed by atoms with Crippen LogP contribution in [0.4, 0.5) is 11.4 Å². The van der Waals surface area contributed by atoms with Gasteiger partial charge in [-0.3, -0.25) is 14.4 Å². The van der Waals surface area contributed by atoms with Crippen molar-refractivity contribution in [2.45, 2.75) is 19.3 Å². The highest BCUT2D eigenvalue weighted by atomic mass is 16.5.